The van der Waals surface area contributed by atoms with Crippen LogP contribution in [0.2, 0.25) is 0 Å². The largest absolute Gasteiger partial charge is 0.356 e. The van der Waals surface area contributed by atoms with E-state index < -0.39 is 0 Å². The Morgan fingerprint density at radius 2 is 1.96 bits per heavy atom. The van der Waals surface area contributed by atoms with E-state index in [1.807, 2.05) is 12.1 Å². The number of nitrogens with zero attached hydrogens (tertiary/aromatic N) is 6. The lowest BCUT2D eigenvalue weighted by Crippen LogP contribution is -2.35. The number of rotatable bonds is 4. The van der Waals surface area contributed by atoms with Crippen molar-refractivity contribution < 1.29 is 4.52 Å². The summed E-state index contributed by atoms with van der Waals surface area (Å²) in [5.41, 5.74) is 0.758. The second-order valence-corrected chi connectivity index (χ2v) is 7.03. The highest BCUT2D eigenvalue weighted by Crippen LogP contribution is 2.39. The van der Waals surface area contributed by atoms with Gasteiger partial charge in [-0.2, -0.15) is 4.98 Å². The van der Waals surface area contributed by atoms with Gasteiger partial charge < -0.3 is 9.42 Å². The highest BCUT2D eigenvalue weighted by Gasteiger charge is 2.30. The van der Waals surface area contributed by atoms with Crippen LogP contribution in [0.5, 0.6) is 0 Å². The summed E-state index contributed by atoms with van der Waals surface area (Å²) in [6, 6.07) is 3.98. The molecule has 0 unspecified atom stereocenters. The lowest BCUT2D eigenvalue weighted by atomic mass is 9.93. The Morgan fingerprint density at radius 3 is 2.80 bits per heavy atom. The molecule has 1 saturated carbocycles. The topological polar surface area (TPSA) is 80.8 Å². The zero-order valence-electron chi connectivity index (χ0n) is 14.0. The van der Waals surface area contributed by atoms with Gasteiger partial charge in [-0.3, -0.25) is 0 Å². The average molecular weight is 336 g/mol. The number of anilines is 1. The predicted octanol–water partition coefficient (Wildman–Crippen LogP) is 2.74. The van der Waals surface area contributed by atoms with Gasteiger partial charge in [-0.05, 0) is 43.7 Å². The first kappa shape index (κ1) is 14.7. The van der Waals surface area contributed by atoms with Gasteiger partial charge in [-0.15, -0.1) is 0 Å². The van der Waals surface area contributed by atoms with E-state index in [1.54, 1.807) is 12.5 Å². The quantitative estimate of drug-likeness (QED) is 0.724. The van der Waals surface area contributed by atoms with Gasteiger partial charge in [0.1, 0.15) is 12.1 Å². The molecule has 25 heavy (non-hydrogen) atoms. The molecule has 3 aromatic rings. The molecular weight excluding hydrogens is 316 g/mol. The third-order valence-electron chi connectivity index (χ3n) is 5.18. The van der Waals surface area contributed by atoms with Gasteiger partial charge in [0, 0.05) is 31.6 Å². The predicted molar refractivity (Wildman–Crippen MR) is 92.2 cm³/mol. The van der Waals surface area contributed by atoms with Gasteiger partial charge in [0.05, 0.1) is 5.39 Å². The maximum absolute atomic E-state index is 5.37. The SMILES string of the molecule is c1cnc2ncnc(N3CCC(Cc4noc(C5CC5)n4)CC3)c2c1. The normalized spacial score (nSPS) is 18.8. The fourth-order valence-corrected chi connectivity index (χ4v) is 3.59. The van der Waals surface area contributed by atoms with E-state index in [0.717, 1.165) is 60.9 Å². The number of aromatic nitrogens is 5. The van der Waals surface area contributed by atoms with Crippen LogP contribution in [0.4, 0.5) is 5.82 Å². The Kier molecular flexibility index (Phi) is 3.57. The molecule has 1 aliphatic carbocycles. The van der Waals surface area contributed by atoms with Gasteiger partial charge in [-0.1, -0.05) is 5.16 Å². The Morgan fingerprint density at radius 1 is 1.08 bits per heavy atom. The summed E-state index contributed by atoms with van der Waals surface area (Å²) in [7, 11) is 0. The number of piperidine rings is 1. The summed E-state index contributed by atoms with van der Waals surface area (Å²) in [5, 5.41) is 5.18. The van der Waals surface area contributed by atoms with Crippen molar-refractivity contribution in [3.63, 3.8) is 0 Å². The average Bonchev–Trinajstić information content (AvgIpc) is 3.42. The molecule has 0 radical (unpaired) electrons. The minimum Gasteiger partial charge on any atom is -0.356 e. The molecule has 2 aliphatic rings. The minimum absolute atomic E-state index is 0.530. The van der Waals surface area contributed by atoms with E-state index in [-0.39, 0.29) is 0 Å². The molecule has 1 saturated heterocycles. The molecule has 7 heteroatoms. The number of hydrogen-bond donors (Lipinski definition) is 0. The van der Waals surface area contributed by atoms with Crippen LogP contribution >= 0.6 is 0 Å². The summed E-state index contributed by atoms with van der Waals surface area (Å²) in [4.78, 5) is 20.0. The molecular formula is C18H20N6O. The summed E-state index contributed by atoms with van der Waals surface area (Å²) < 4.78 is 5.37. The third-order valence-corrected chi connectivity index (χ3v) is 5.18. The number of fused-ring (bicyclic) bond motifs is 1. The molecule has 3 aromatic heterocycles. The number of pyridine rings is 1. The van der Waals surface area contributed by atoms with Gasteiger partial charge in [0.2, 0.25) is 5.89 Å². The van der Waals surface area contributed by atoms with E-state index in [2.05, 4.69) is 30.0 Å². The van der Waals surface area contributed by atoms with Gasteiger partial charge in [0.25, 0.3) is 0 Å². The Labute approximate surface area is 145 Å². The van der Waals surface area contributed by atoms with Crippen LogP contribution in [-0.2, 0) is 6.42 Å². The maximum Gasteiger partial charge on any atom is 0.229 e. The molecule has 5 rings (SSSR count). The fraction of sp³-hybridized carbons (Fsp3) is 0.500. The highest BCUT2D eigenvalue weighted by molar-refractivity contribution is 5.86. The maximum atomic E-state index is 5.37. The monoisotopic (exact) mass is 336 g/mol. The Hall–Kier alpha value is -2.57. The Balaban J connectivity index is 1.26. The lowest BCUT2D eigenvalue weighted by Gasteiger charge is -2.32. The minimum atomic E-state index is 0.530. The molecule has 0 aromatic carbocycles. The van der Waals surface area contributed by atoms with Gasteiger partial charge >= 0.3 is 0 Å². The standard InChI is InChI=1S/C18H20N6O/c1-2-14-16(19-7-1)20-11-21-17(14)24-8-5-12(6-9-24)10-15-22-18(25-23-15)13-3-4-13/h1-2,7,11-13H,3-6,8-10H2. The van der Waals surface area contributed by atoms with Gasteiger partial charge in [-0.25, -0.2) is 15.0 Å². The van der Waals surface area contributed by atoms with Crippen LogP contribution in [0.1, 0.15) is 43.3 Å². The van der Waals surface area contributed by atoms with E-state index in [1.165, 1.54) is 12.8 Å². The highest BCUT2D eigenvalue weighted by atomic mass is 16.5. The second-order valence-electron chi connectivity index (χ2n) is 7.03. The Bertz CT molecular complexity index is 877. The first-order valence-electron chi connectivity index (χ1n) is 9.00. The molecule has 0 spiro atoms. The second kappa shape index (κ2) is 6.06. The van der Waals surface area contributed by atoms with E-state index >= 15 is 0 Å². The molecule has 1 aliphatic heterocycles. The van der Waals surface area contributed by atoms with Crippen LogP contribution in [0.15, 0.2) is 29.2 Å². The van der Waals surface area contributed by atoms with Crippen LogP contribution in [-0.4, -0.2) is 38.2 Å². The first-order valence-corrected chi connectivity index (χ1v) is 9.00. The fourth-order valence-electron chi connectivity index (χ4n) is 3.59. The van der Waals surface area contributed by atoms with Crippen molar-refractivity contribution in [3.05, 3.63) is 36.4 Å². The molecule has 7 nitrogen and oxygen atoms in total. The van der Waals surface area contributed by atoms with Crippen molar-refractivity contribution in [2.75, 3.05) is 18.0 Å². The molecule has 0 atom stereocenters. The molecule has 0 bridgehead atoms. The number of hydrogen-bond acceptors (Lipinski definition) is 7. The van der Waals surface area contributed by atoms with E-state index in [0.29, 0.717) is 11.8 Å². The van der Waals surface area contributed by atoms with Crippen LogP contribution < -0.4 is 4.90 Å². The van der Waals surface area contributed by atoms with Crippen molar-refractivity contribution in [1.29, 1.82) is 0 Å². The zero-order chi connectivity index (χ0) is 16.6. The molecule has 4 heterocycles. The molecule has 0 N–H and O–H groups in total. The molecule has 128 valence electrons. The molecule has 0 amide bonds. The van der Waals surface area contributed by atoms with Crippen molar-refractivity contribution in [1.82, 2.24) is 25.1 Å². The summed E-state index contributed by atoms with van der Waals surface area (Å²) in [6.45, 7) is 1.97. The summed E-state index contributed by atoms with van der Waals surface area (Å²) in [6.07, 6.45) is 8.90. The van der Waals surface area contributed by atoms with Crippen LogP contribution in [0.3, 0.4) is 0 Å². The van der Waals surface area contributed by atoms with Crippen molar-refractivity contribution in [2.24, 2.45) is 5.92 Å². The van der Waals surface area contributed by atoms with Crippen LogP contribution in [0.25, 0.3) is 11.0 Å². The third kappa shape index (κ3) is 2.94. The van der Waals surface area contributed by atoms with Crippen molar-refractivity contribution >= 4 is 16.9 Å². The molecule has 2 fully saturated rings. The summed E-state index contributed by atoms with van der Waals surface area (Å²) in [5.74, 6) is 3.84. The van der Waals surface area contributed by atoms with Crippen molar-refractivity contribution in [3.8, 4) is 0 Å². The van der Waals surface area contributed by atoms with E-state index in [9.17, 15) is 0 Å². The van der Waals surface area contributed by atoms with Crippen molar-refractivity contribution in [2.45, 2.75) is 38.0 Å². The van der Waals surface area contributed by atoms with E-state index in [4.69, 9.17) is 4.52 Å². The van der Waals surface area contributed by atoms with Crippen LogP contribution in [0, 0.1) is 5.92 Å². The zero-order valence-corrected chi connectivity index (χ0v) is 14.0. The smallest absolute Gasteiger partial charge is 0.229 e. The first-order chi connectivity index (χ1) is 12.4. The lowest BCUT2D eigenvalue weighted by molar-refractivity contribution is 0.358. The van der Waals surface area contributed by atoms with Gasteiger partial charge in [0.15, 0.2) is 11.5 Å². The summed E-state index contributed by atoms with van der Waals surface area (Å²) >= 11 is 0.